The Morgan fingerprint density at radius 1 is 1.33 bits per heavy atom. The van der Waals surface area contributed by atoms with Gasteiger partial charge in [-0.25, -0.2) is 4.98 Å². The summed E-state index contributed by atoms with van der Waals surface area (Å²) >= 11 is 0. The van der Waals surface area contributed by atoms with E-state index in [1.807, 2.05) is 50.2 Å². The van der Waals surface area contributed by atoms with Crippen molar-refractivity contribution in [3.05, 3.63) is 53.2 Å². The van der Waals surface area contributed by atoms with Crippen LogP contribution in [0.4, 0.5) is 0 Å². The fraction of sp³-hybridized carbons (Fsp3) is 0.368. The van der Waals surface area contributed by atoms with Gasteiger partial charge in [0.1, 0.15) is 5.75 Å². The van der Waals surface area contributed by atoms with Crippen molar-refractivity contribution in [2.24, 2.45) is 0 Å². The second kappa shape index (κ2) is 7.01. The first kappa shape index (κ1) is 16.5. The smallest absolute Gasteiger partial charge is 0.227 e. The second-order valence-corrected chi connectivity index (χ2v) is 6.43. The van der Waals surface area contributed by atoms with E-state index in [1.165, 1.54) is 0 Å². The highest BCUT2D eigenvalue weighted by atomic mass is 16.5. The number of ether oxygens (including phenoxy) is 1. The lowest BCUT2D eigenvalue weighted by molar-refractivity contribution is -0.122. The van der Waals surface area contributed by atoms with Crippen LogP contribution in [0.1, 0.15) is 29.5 Å². The lowest BCUT2D eigenvalue weighted by atomic mass is 9.94. The quantitative estimate of drug-likeness (QED) is 0.783. The maximum Gasteiger partial charge on any atom is 0.227 e. The molecule has 0 saturated heterocycles. The summed E-state index contributed by atoms with van der Waals surface area (Å²) in [6.07, 6.45) is 2.51. The standard InChI is InChI=1S/C19H23N3O2/c1-13(18(23)20-9-10-22(2)3)14-6-7-17-16(11-14)12-15-5-4-8-21-19(15)24-17/h4-8,11,13H,9-10,12H2,1-3H3,(H,20,23). The van der Waals surface area contributed by atoms with Gasteiger partial charge in [0.05, 0.1) is 5.92 Å². The van der Waals surface area contributed by atoms with Crippen molar-refractivity contribution in [1.29, 1.82) is 0 Å². The van der Waals surface area contributed by atoms with Crippen LogP contribution in [0.2, 0.25) is 0 Å². The molecule has 126 valence electrons. The predicted octanol–water partition coefficient (Wildman–Crippen LogP) is 2.56. The first-order chi connectivity index (χ1) is 11.5. The zero-order valence-corrected chi connectivity index (χ0v) is 14.4. The second-order valence-electron chi connectivity index (χ2n) is 6.43. The van der Waals surface area contributed by atoms with E-state index in [0.717, 1.165) is 35.4 Å². The first-order valence-electron chi connectivity index (χ1n) is 8.21. The summed E-state index contributed by atoms with van der Waals surface area (Å²) in [6.45, 7) is 3.43. The molecule has 1 aromatic heterocycles. The van der Waals surface area contributed by atoms with E-state index >= 15 is 0 Å². The molecule has 1 amide bonds. The number of benzene rings is 1. The minimum Gasteiger partial charge on any atom is -0.438 e. The van der Waals surface area contributed by atoms with Gasteiger partial charge in [-0.1, -0.05) is 18.2 Å². The van der Waals surface area contributed by atoms with Gasteiger partial charge in [0.2, 0.25) is 11.8 Å². The van der Waals surface area contributed by atoms with Crippen molar-refractivity contribution in [3.63, 3.8) is 0 Å². The van der Waals surface area contributed by atoms with E-state index in [4.69, 9.17) is 4.74 Å². The van der Waals surface area contributed by atoms with Gasteiger partial charge in [0.25, 0.3) is 0 Å². The van der Waals surface area contributed by atoms with E-state index in [-0.39, 0.29) is 11.8 Å². The molecular weight excluding hydrogens is 302 g/mol. The van der Waals surface area contributed by atoms with Crippen LogP contribution in [0.3, 0.4) is 0 Å². The average molecular weight is 325 g/mol. The fourth-order valence-electron chi connectivity index (χ4n) is 2.77. The van der Waals surface area contributed by atoms with Gasteiger partial charge in [0.15, 0.2) is 0 Å². The zero-order chi connectivity index (χ0) is 17.1. The predicted molar refractivity (Wildman–Crippen MR) is 93.5 cm³/mol. The Morgan fingerprint density at radius 2 is 2.17 bits per heavy atom. The third-order valence-corrected chi connectivity index (χ3v) is 4.27. The lowest BCUT2D eigenvalue weighted by Gasteiger charge is -2.21. The number of rotatable bonds is 5. The largest absolute Gasteiger partial charge is 0.438 e. The van der Waals surface area contributed by atoms with Gasteiger partial charge in [-0.3, -0.25) is 4.79 Å². The molecule has 1 N–H and O–H groups in total. The van der Waals surface area contributed by atoms with Crippen molar-refractivity contribution >= 4 is 5.91 Å². The van der Waals surface area contributed by atoms with Crippen molar-refractivity contribution in [1.82, 2.24) is 15.2 Å². The fourth-order valence-corrected chi connectivity index (χ4v) is 2.77. The molecular formula is C19H23N3O2. The number of nitrogens with one attached hydrogen (secondary N) is 1. The molecule has 24 heavy (non-hydrogen) atoms. The van der Waals surface area contributed by atoms with Gasteiger partial charge in [-0.2, -0.15) is 0 Å². The number of amides is 1. The summed E-state index contributed by atoms with van der Waals surface area (Å²) < 4.78 is 5.85. The molecule has 0 aliphatic carbocycles. The molecule has 5 nitrogen and oxygen atoms in total. The van der Waals surface area contributed by atoms with Crippen LogP contribution in [-0.2, 0) is 11.2 Å². The number of carbonyl (C=O) groups excluding carboxylic acids is 1. The molecule has 1 unspecified atom stereocenters. The van der Waals surface area contributed by atoms with E-state index in [9.17, 15) is 4.79 Å². The summed E-state index contributed by atoms with van der Waals surface area (Å²) in [4.78, 5) is 18.6. The van der Waals surface area contributed by atoms with Crippen LogP contribution >= 0.6 is 0 Å². The van der Waals surface area contributed by atoms with Gasteiger partial charge < -0.3 is 15.0 Å². The summed E-state index contributed by atoms with van der Waals surface area (Å²) in [5, 5.41) is 2.99. The molecule has 1 aliphatic rings. The molecule has 1 aromatic carbocycles. The maximum absolute atomic E-state index is 12.3. The van der Waals surface area contributed by atoms with Crippen LogP contribution in [0.25, 0.3) is 0 Å². The molecule has 0 radical (unpaired) electrons. The van der Waals surface area contributed by atoms with Gasteiger partial charge >= 0.3 is 0 Å². The number of carbonyl (C=O) groups is 1. The number of pyridine rings is 1. The normalized spacial score (nSPS) is 13.7. The molecule has 0 spiro atoms. The molecule has 1 aliphatic heterocycles. The molecule has 1 atom stereocenters. The van der Waals surface area contributed by atoms with Crippen LogP contribution in [0, 0.1) is 0 Å². The third-order valence-electron chi connectivity index (χ3n) is 4.27. The van der Waals surface area contributed by atoms with Crippen LogP contribution in [0.5, 0.6) is 11.6 Å². The molecule has 2 heterocycles. The molecule has 2 aromatic rings. The van der Waals surface area contributed by atoms with Gasteiger partial charge in [0, 0.05) is 31.3 Å². The summed E-state index contributed by atoms with van der Waals surface area (Å²) in [6, 6.07) is 9.91. The molecule has 0 bridgehead atoms. The minimum absolute atomic E-state index is 0.0515. The van der Waals surface area contributed by atoms with Crippen LogP contribution in [-0.4, -0.2) is 43.0 Å². The number of fused-ring (bicyclic) bond motifs is 2. The van der Waals surface area contributed by atoms with E-state index in [0.29, 0.717) is 12.4 Å². The molecule has 5 heteroatoms. The summed E-state index contributed by atoms with van der Waals surface area (Å²) in [5.41, 5.74) is 3.18. The van der Waals surface area contributed by atoms with E-state index in [2.05, 4.69) is 16.4 Å². The molecule has 0 fully saturated rings. The highest BCUT2D eigenvalue weighted by Crippen LogP contribution is 2.36. The van der Waals surface area contributed by atoms with Gasteiger partial charge in [-0.15, -0.1) is 0 Å². The Balaban J connectivity index is 1.71. The minimum atomic E-state index is -0.187. The monoisotopic (exact) mass is 325 g/mol. The summed E-state index contributed by atoms with van der Waals surface area (Å²) in [7, 11) is 3.98. The van der Waals surface area contributed by atoms with Crippen molar-refractivity contribution < 1.29 is 9.53 Å². The number of likely N-dealkylation sites (N-methyl/N-ethyl adjacent to an activating group) is 1. The Morgan fingerprint density at radius 3 is 2.96 bits per heavy atom. The van der Waals surface area contributed by atoms with Crippen LogP contribution in [0.15, 0.2) is 36.5 Å². The van der Waals surface area contributed by atoms with Gasteiger partial charge in [-0.05, 0) is 44.3 Å². The van der Waals surface area contributed by atoms with Crippen molar-refractivity contribution in [2.45, 2.75) is 19.3 Å². The Labute approximate surface area is 142 Å². The highest BCUT2D eigenvalue weighted by molar-refractivity contribution is 5.83. The Bertz CT molecular complexity index is 743. The van der Waals surface area contributed by atoms with E-state index < -0.39 is 0 Å². The zero-order valence-electron chi connectivity index (χ0n) is 14.4. The maximum atomic E-state index is 12.3. The average Bonchev–Trinajstić information content (AvgIpc) is 2.58. The lowest BCUT2D eigenvalue weighted by Crippen LogP contribution is -2.34. The molecule has 3 rings (SSSR count). The molecule has 0 saturated carbocycles. The number of hydrogen-bond acceptors (Lipinski definition) is 4. The topological polar surface area (TPSA) is 54.5 Å². The highest BCUT2D eigenvalue weighted by Gasteiger charge is 2.21. The Kier molecular flexibility index (Phi) is 4.81. The van der Waals surface area contributed by atoms with E-state index in [1.54, 1.807) is 6.20 Å². The number of hydrogen-bond donors (Lipinski definition) is 1. The number of aromatic nitrogens is 1. The van der Waals surface area contributed by atoms with Crippen molar-refractivity contribution in [2.75, 3.05) is 27.2 Å². The summed E-state index contributed by atoms with van der Waals surface area (Å²) in [5.74, 6) is 1.36. The SMILES string of the molecule is CC(C(=O)NCCN(C)C)c1ccc2c(c1)Cc1cccnc1O2. The van der Waals surface area contributed by atoms with Crippen LogP contribution < -0.4 is 10.1 Å². The first-order valence-corrected chi connectivity index (χ1v) is 8.21. The van der Waals surface area contributed by atoms with Crippen molar-refractivity contribution in [3.8, 4) is 11.6 Å². The number of nitrogens with zero attached hydrogens (tertiary/aromatic N) is 2. The third kappa shape index (κ3) is 3.57. The Hall–Kier alpha value is -2.40.